The highest BCUT2D eigenvalue weighted by Gasteiger charge is 2.37. The van der Waals surface area contributed by atoms with Crippen LogP contribution in [0.5, 0.6) is 0 Å². The number of amides is 2. The third kappa shape index (κ3) is 6.18. The molecule has 36 heavy (non-hydrogen) atoms. The fourth-order valence-corrected chi connectivity index (χ4v) is 3.87. The third-order valence-electron chi connectivity index (χ3n) is 5.82. The van der Waals surface area contributed by atoms with Crippen LogP contribution in [-0.2, 0) is 16.0 Å². The van der Waals surface area contributed by atoms with Gasteiger partial charge in [0.25, 0.3) is 0 Å². The van der Waals surface area contributed by atoms with Gasteiger partial charge in [-0.1, -0.05) is 38.6 Å². The molecule has 3 aromatic rings. The number of anilines is 5. The summed E-state index contributed by atoms with van der Waals surface area (Å²) < 4.78 is 5.23. The molecule has 0 radical (unpaired) electrons. The number of cyclic esters (lactones) is 1. The quantitative estimate of drug-likeness (QED) is 0.347. The van der Waals surface area contributed by atoms with Crippen LogP contribution in [-0.4, -0.2) is 41.2 Å². The predicted octanol–water partition coefficient (Wildman–Crippen LogP) is 4.98. The first kappa shape index (κ1) is 24.7. The van der Waals surface area contributed by atoms with Crippen LogP contribution in [0.25, 0.3) is 0 Å². The third-order valence-corrected chi connectivity index (χ3v) is 5.82. The Balaban J connectivity index is 1.31. The maximum atomic E-state index is 12.2. The molecule has 2 aromatic carbocycles. The second-order valence-electron chi connectivity index (χ2n) is 8.77. The number of hydrogen-bond acceptors (Lipinski definition) is 7. The smallest absolute Gasteiger partial charge is 0.415 e. The monoisotopic (exact) mass is 486 g/mol. The van der Waals surface area contributed by atoms with Crippen molar-refractivity contribution >= 4 is 40.8 Å². The van der Waals surface area contributed by atoms with E-state index in [4.69, 9.17) is 4.74 Å². The second kappa shape index (κ2) is 11.4. The van der Waals surface area contributed by atoms with Gasteiger partial charge >= 0.3 is 6.09 Å². The van der Waals surface area contributed by atoms with Crippen molar-refractivity contribution in [1.29, 1.82) is 0 Å². The number of carbonyl (C=O) groups is 2. The summed E-state index contributed by atoms with van der Waals surface area (Å²) in [5.41, 5.74) is 3.65. The van der Waals surface area contributed by atoms with Gasteiger partial charge in [-0.2, -0.15) is 4.98 Å². The molecule has 1 atom stereocenters. The molecule has 1 fully saturated rings. The van der Waals surface area contributed by atoms with Gasteiger partial charge < -0.3 is 20.7 Å². The SMILES string of the molecule is C=CC(=O)Nc1cccc(Nc2ccc(CCNc3nccc(N4C(=O)OC[C@@H]4C(C)C)n3)cc2)c1. The van der Waals surface area contributed by atoms with Gasteiger partial charge in [0.2, 0.25) is 11.9 Å². The van der Waals surface area contributed by atoms with Crippen LogP contribution in [0.1, 0.15) is 19.4 Å². The summed E-state index contributed by atoms with van der Waals surface area (Å²) >= 11 is 0. The zero-order valence-corrected chi connectivity index (χ0v) is 20.4. The van der Waals surface area contributed by atoms with Crippen LogP contribution in [0.3, 0.4) is 0 Å². The van der Waals surface area contributed by atoms with Crippen molar-refractivity contribution in [2.75, 3.05) is 34.0 Å². The Bertz CT molecular complexity index is 1230. The fraction of sp³-hybridized carbons (Fsp3) is 0.259. The number of nitrogens with one attached hydrogen (secondary N) is 3. The molecule has 4 rings (SSSR count). The summed E-state index contributed by atoms with van der Waals surface area (Å²) in [6.45, 7) is 8.59. The molecule has 0 saturated carbocycles. The van der Waals surface area contributed by atoms with Crippen molar-refractivity contribution in [3.63, 3.8) is 0 Å². The van der Waals surface area contributed by atoms with E-state index < -0.39 is 0 Å². The van der Waals surface area contributed by atoms with Gasteiger partial charge in [-0.25, -0.2) is 9.78 Å². The van der Waals surface area contributed by atoms with Crippen molar-refractivity contribution < 1.29 is 14.3 Å². The van der Waals surface area contributed by atoms with Crippen LogP contribution in [0, 0.1) is 5.92 Å². The lowest BCUT2D eigenvalue weighted by atomic mass is 10.0. The van der Waals surface area contributed by atoms with E-state index in [1.807, 2.05) is 36.4 Å². The lowest BCUT2D eigenvalue weighted by Gasteiger charge is -2.23. The highest BCUT2D eigenvalue weighted by molar-refractivity contribution is 5.99. The number of rotatable bonds is 10. The number of aromatic nitrogens is 2. The second-order valence-corrected chi connectivity index (χ2v) is 8.77. The maximum absolute atomic E-state index is 12.2. The summed E-state index contributed by atoms with van der Waals surface area (Å²) in [7, 11) is 0. The lowest BCUT2D eigenvalue weighted by Crippen LogP contribution is -2.37. The van der Waals surface area contributed by atoms with Gasteiger partial charge in [-0.05, 0) is 60.4 Å². The summed E-state index contributed by atoms with van der Waals surface area (Å²) in [5.74, 6) is 1.01. The molecule has 0 bridgehead atoms. The maximum Gasteiger partial charge on any atom is 0.415 e. The molecular weight excluding hydrogens is 456 g/mol. The molecule has 0 spiro atoms. The van der Waals surface area contributed by atoms with Gasteiger partial charge in [0.05, 0.1) is 6.04 Å². The lowest BCUT2D eigenvalue weighted by molar-refractivity contribution is -0.111. The van der Waals surface area contributed by atoms with Gasteiger partial charge in [0.15, 0.2) is 0 Å². The van der Waals surface area contributed by atoms with Crippen molar-refractivity contribution in [2.45, 2.75) is 26.3 Å². The Kier molecular flexibility index (Phi) is 7.79. The summed E-state index contributed by atoms with van der Waals surface area (Å²) in [6, 6.07) is 17.3. The normalized spacial score (nSPS) is 14.9. The van der Waals surface area contributed by atoms with Crippen LogP contribution in [0.4, 0.5) is 33.6 Å². The Hall–Kier alpha value is -4.40. The van der Waals surface area contributed by atoms with E-state index in [1.54, 1.807) is 17.2 Å². The minimum atomic E-state index is -0.375. The van der Waals surface area contributed by atoms with E-state index in [2.05, 4.69) is 58.5 Å². The molecule has 1 aromatic heterocycles. The number of carbonyl (C=O) groups excluding carboxylic acids is 2. The Labute approximate surface area is 210 Å². The summed E-state index contributed by atoms with van der Waals surface area (Å²) in [6.07, 6.45) is 3.28. The topological polar surface area (TPSA) is 108 Å². The number of hydrogen-bond donors (Lipinski definition) is 3. The molecule has 1 saturated heterocycles. The average molecular weight is 487 g/mol. The highest BCUT2D eigenvalue weighted by Crippen LogP contribution is 2.26. The minimum absolute atomic E-state index is 0.0410. The van der Waals surface area contributed by atoms with E-state index in [-0.39, 0.29) is 24.0 Å². The predicted molar refractivity (Wildman–Crippen MR) is 142 cm³/mol. The Morgan fingerprint density at radius 2 is 1.94 bits per heavy atom. The Morgan fingerprint density at radius 1 is 1.17 bits per heavy atom. The molecular formula is C27H30N6O3. The van der Waals surface area contributed by atoms with Crippen molar-refractivity contribution in [2.24, 2.45) is 5.92 Å². The standard InChI is InChI=1S/C27H30N6O3/c1-4-25(34)31-22-7-5-6-21(16-22)30-20-10-8-19(9-11-20)12-14-28-26-29-15-13-24(32-26)33-23(18(2)3)17-36-27(33)35/h4-11,13,15-16,18,23,30H,1,12,14,17H2,2-3H3,(H,31,34)(H,28,29,32)/t23-/m1/s1. The van der Waals surface area contributed by atoms with E-state index >= 15 is 0 Å². The molecule has 0 unspecified atom stereocenters. The molecule has 2 heterocycles. The van der Waals surface area contributed by atoms with Crippen LogP contribution < -0.4 is 20.9 Å². The first-order valence-corrected chi connectivity index (χ1v) is 11.9. The van der Waals surface area contributed by atoms with Crippen LogP contribution in [0.15, 0.2) is 73.4 Å². The van der Waals surface area contributed by atoms with Crippen molar-refractivity contribution in [3.8, 4) is 0 Å². The van der Waals surface area contributed by atoms with E-state index in [0.29, 0.717) is 30.6 Å². The molecule has 9 nitrogen and oxygen atoms in total. The van der Waals surface area contributed by atoms with E-state index in [9.17, 15) is 9.59 Å². The van der Waals surface area contributed by atoms with Crippen LogP contribution >= 0.6 is 0 Å². The van der Waals surface area contributed by atoms with E-state index in [0.717, 1.165) is 23.4 Å². The fourth-order valence-electron chi connectivity index (χ4n) is 3.87. The number of nitrogens with zero attached hydrogens (tertiary/aromatic N) is 3. The molecule has 1 aliphatic heterocycles. The van der Waals surface area contributed by atoms with Gasteiger partial charge in [0, 0.05) is 29.8 Å². The van der Waals surface area contributed by atoms with E-state index in [1.165, 1.54) is 6.08 Å². The van der Waals surface area contributed by atoms with Gasteiger partial charge in [-0.3, -0.25) is 9.69 Å². The molecule has 0 aliphatic carbocycles. The first-order valence-electron chi connectivity index (χ1n) is 11.9. The summed E-state index contributed by atoms with van der Waals surface area (Å²) in [5, 5.41) is 9.33. The molecule has 2 amide bonds. The van der Waals surface area contributed by atoms with Crippen molar-refractivity contribution in [3.05, 3.63) is 79.0 Å². The van der Waals surface area contributed by atoms with Gasteiger partial charge in [0.1, 0.15) is 12.4 Å². The number of ether oxygens (including phenoxy) is 1. The minimum Gasteiger partial charge on any atom is -0.447 e. The highest BCUT2D eigenvalue weighted by atomic mass is 16.6. The van der Waals surface area contributed by atoms with Crippen LogP contribution in [0.2, 0.25) is 0 Å². The van der Waals surface area contributed by atoms with Gasteiger partial charge in [-0.15, -0.1) is 0 Å². The first-order chi connectivity index (χ1) is 17.4. The average Bonchev–Trinajstić information content (AvgIpc) is 3.27. The molecule has 3 N–H and O–H groups in total. The summed E-state index contributed by atoms with van der Waals surface area (Å²) in [4.78, 5) is 34.1. The number of benzene rings is 2. The molecule has 9 heteroatoms. The molecule has 186 valence electrons. The zero-order valence-electron chi connectivity index (χ0n) is 20.4. The van der Waals surface area contributed by atoms with Crippen molar-refractivity contribution in [1.82, 2.24) is 9.97 Å². The largest absolute Gasteiger partial charge is 0.447 e. The Morgan fingerprint density at radius 3 is 2.69 bits per heavy atom. The zero-order chi connectivity index (χ0) is 25.5. The molecule has 1 aliphatic rings.